The van der Waals surface area contributed by atoms with Gasteiger partial charge in [0.2, 0.25) is 0 Å². The van der Waals surface area contributed by atoms with Crippen molar-refractivity contribution in [2.24, 2.45) is 0 Å². The van der Waals surface area contributed by atoms with Gasteiger partial charge in [-0.1, -0.05) is 29.8 Å². The molecule has 0 aromatic heterocycles. The maximum Gasteiger partial charge on any atom is 0.167 e. The first-order chi connectivity index (χ1) is 8.56. The molecule has 0 unspecified atom stereocenters. The molecule has 2 rings (SSSR count). The smallest absolute Gasteiger partial charge is 0.167 e. The topological polar surface area (TPSA) is 17.1 Å². The Morgan fingerprint density at radius 3 is 2.56 bits per heavy atom. The number of hydrogen-bond acceptors (Lipinski definition) is 1. The predicted molar refractivity (Wildman–Crippen MR) is 70.4 cm³/mol. The van der Waals surface area contributed by atoms with Gasteiger partial charge in [0.15, 0.2) is 5.78 Å². The molecule has 0 radical (unpaired) electrons. The first kappa shape index (κ1) is 12.5. The van der Waals surface area contributed by atoms with Crippen molar-refractivity contribution in [3.8, 4) is 0 Å². The molecule has 18 heavy (non-hydrogen) atoms. The molecule has 1 nitrogen and oxygen atoms in total. The minimum atomic E-state index is -0.276. The minimum absolute atomic E-state index is 0.0173. The summed E-state index contributed by atoms with van der Waals surface area (Å²) in [5.74, 6) is -0.259. The molecular formula is C16H15FO. The molecule has 0 saturated heterocycles. The Labute approximate surface area is 106 Å². The SMILES string of the molecule is Cc1cccc(CC(=O)c2ccc(F)c(C)c2)c1. The number of hydrogen-bond donors (Lipinski definition) is 0. The Bertz CT molecular complexity index is 587. The van der Waals surface area contributed by atoms with Crippen LogP contribution in [0.15, 0.2) is 42.5 Å². The Morgan fingerprint density at radius 1 is 1.11 bits per heavy atom. The fourth-order valence-corrected chi connectivity index (χ4v) is 1.93. The highest BCUT2D eigenvalue weighted by atomic mass is 19.1. The van der Waals surface area contributed by atoms with E-state index in [2.05, 4.69) is 0 Å². The maximum atomic E-state index is 13.1. The monoisotopic (exact) mass is 242 g/mol. The highest BCUT2D eigenvalue weighted by Crippen LogP contribution is 2.13. The van der Waals surface area contributed by atoms with Crippen LogP contribution >= 0.6 is 0 Å². The number of aryl methyl sites for hydroxylation is 2. The van der Waals surface area contributed by atoms with E-state index in [9.17, 15) is 9.18 Å². The van der Waals surface area contributed by atoms with Crippen molar-refractivity contribution in [2.45, 2.75) is 20.3 Å². The van der Waals surface area contributed by atoms with Crippen LogP contribution in [0.3, 0.4) is 0 Å². The largest absolute Gasteiger partial charge is 0.294 e. The van der Waals surface area contributed by atoms with Crippen LogP contribution in [0, 0.1) is 19.7 Å². The number of ketones is 1. The second-order valence-corrected chi connectivity index (χ2v) is 4.55. The number of carbonyl (C=O) groups excluding carboxylic acids is 1. The normalized spacial score (nSPS) is 10.4. The second-order valence-electron chi connectivity index (χ2n) is 4.55. The maximum absolute atomic E-state index is 13.1. The molecule has 2 heteroatoms. The van der Waals surface area contributed by atoms with E-state index in [0.717, 1.165) is 11.1 Å². The number of Topliss-reactive ketones (excluding diaryl/α,β-unsaturated/α-hetero) is 1. The molecular weight excluding hydrogens is 227 g/mol. The Balaban J connectivity index is 2.19. The summed E-state index contributed by atoms with van der Waals surface area (Å²) in [4.78, 5) is 12.1. The lowest BCUT2D eigenvalue weighted by atomic mass is 10.0. The van der Waals surface area contributed by atoms with Gasteiger partial charge in [-0.05, 0) is 43.2 Å². The standard InChI is InChI=1S/C16H15FO/c1-11-4-3-5-13(8-11)10-16(18)14-6-7-15(17)12(2)9-14/h3-9H,10H2,1-2H3. The van der Waals surface area contributed by atoms with Crippen LogP contribution in [0.2, 0.25) is 0 Å². The van der Waals surface area contributed by atoms with E-state index in [1.165, 1.54) is 6.07 Å². The van der Waals surface area contributed by atoms with Gasteiger partial charge in [0, 0.05) is 12.0 Å². The molecule has 0 fully saturated rings. The van der Waals surface area contributed by atoms with Crippen molar-refractivity contribution in [1.82, 2.24) is 0 Å². The van der Waals surface area contributed by atoms with E-state index < -0.39 is 0 Å². The van der Waals surface area contributed by atoms with Gasteiger partial charge in [0.25, 0.3) is 0 Å². The van der Waals surface area contributed by atoms with Crippen LogP contribution in [0.4, 0.5) is 4.39 Å². The van der Waals surface area contributed by atoms with Gasteiger partial charge in [0.1, 0.15) is 5.82 Å². The van der Waals surface area contributed by atoms with Crippen LogP contribution in [0.5, 0.6) is 0 Å². The molecule has 0 amide bonds. The molecule has 0 N–H and O–H groups in total. The number of carbonyl (C=O) groups is 1. The summed E-state index contributed by atoms with van der Waals surface area (Å²) in [5.41, 5.74) is 3.19. The number of rotatable bonds is 3. The van der Waals surface area contributed by atoms with Crippen LogP contribution in [0.1, 0.15) is 27.0 Å². The fraction of sp³-hybridized carbons (Fsp3) is 0.188. The summed E-state index contributed by atoms with van der Waals surface area (Å²) < 4.78 is 13.1. The lowest BCUT2D eigenvalue weighted by Crippen LogP contribution is -2.04. The third-order valence-electron chi connectivity index (χ3n) is 2.93. The molecule has 2 aromatic rings. The highest BCUT2D eigenvalue weighted by molar-refractivity contribution is 5.97. The lowest BCUT2D eigenvalue weighted by molar-refractivity contribution is 0.0993. The van der Waals surface area contributed by atoms with E-state index in [1.54, 1.807) is 19.1 Å². The van der Waals surface area contributed by atoms with E-state index in [-0.39, 0.29) is 11.6 Å². The molecule has 0 aliphatic heterocycles. The van der Waals surface area contributed by atoms with Crippen LogP contribution in [0.25, 0.3) is 0 Å². The average Bonchev–Trinajstić information content (AvgIpc) is 2.32. The molecule has 0 saturated carbocycles. The van der Waals surface area contributed by atoms with Crippen molar-refractivity contribution < 1.29 is 9.18 Å². The fourth-order valence-electron chi connectivity index (χ4n) is 1.93. The zero-order valence-electron chi connectivity index (χ0n) is 10.5. The lowest BCUT2D eigenvalue weighted by Gasteiger charge is -2.04. The third-order valence-corrected chi connectivity index (χ3v) is 2.93. The Morgan fingerprint density at radius 2 is 1.89 bits per heavy atom. The summed E-state index contributed by atoms with van der Waals surface area (Å²) in [6.45, 7) is 3.66. The van der Waals surface area contributed by atoms with Gasteiger partial charge in [-0.3, -0.25) is 4.79 Å². The van der Waals surface area contributed by atoms with Crippen molar-refractivity contribution in [3.05, 3.63) is 70.5 Å². The number of halogens is 1. The zero-order chi connectivity index (χ0) is 13.1. The quantitative estimate of drug-likeness (QED) is 0.747. The van der Waals surface area contributed by atoms with Crippen LogP contribution < -0.4 is 0 Å². The molecule has 92 valence electrons. The van der Waals surface area contributed by atoms with Crippen LogP contribution in [-0.2, 0) is 6.42 Å². The molecule has 0 aliphatic rings. The van der Waals surface area contributed by atoms with Gasteiger partial charge < -0.3 is 0 Å². The molecule has 0 aliphatic carbocycles. The Kier molecular flexibility index (Phi) is 3.56. The zero-order valence-corrected chi connectivity index (χ0v) is 10.5. The predicted octanol–water partition coefficient (Wildman–Crippen LogP) is 3.87. The van der Waals surface area contributed by atoms with E-state index >= 15 is 0 Å². The van der Waals surface area contributed by atoms with Crippen LogP contribution in [-0.4, -0.2) is 5.78 Å². The average molecular weight is 242 g/mol. The van der Waals surface area contributed by atoms with Crippen molar-refractivity contribution >= 4 is 5.78 Å². The van der Waals surface area contributed by atoms with Crippen molar-refractivity contribution in [1.29, 1.82) is 0 Å². The second kappa shape index (κ2) is 5.13. The summed E-state index contributed by atoms with van der Waals surface area (Å²) in [7, 11) is 0. The van der Waals surface area contributed by atoms with Gasteiger partial charge in [-0.2, -0.15) is 0 Å². The van der Waals surface area contributed by atoms with Gasteiger partial charge >= 0.3 is 0 Å². The number of benzene rings is 2. The minimum Gasteiger partial charge on any atom is -0.294 e. The summed E-state index contributed by atoms with van der Waals surface area (Å²) >= 11 is 0. The first-order valence-corrected chi connectivity index (χ1v) is 5.91. The van der Waals surface area contributed by atoms with E-state index in [1.807, 2.05) is 31.2 Å². The highest BCUT2D eigenvalue weighted by Gasteiger charge is 2.09. The third kappa shape index (κ3) is 2.83. The molecule has 0 heterocycles. The van der Waals surface area contributed by atoms with E-state index in [4.69, 9.17) is 0 Å². The summed E-state index contributed by atoms with van der Waals surface area (Å²) in [6.07, 6.45) is 0.354. The molecule has 2 aromatic carbocycles. The van der Waals surface area contributed by atoms with Crippen molar-refractivity contribution in [3.63, 3.8) is 0 Å². The van der Waals surface area contributed by atoms with E-state index in [0.29, 0.717) is 17.5 Å². The Hall–Kier alpha value is -1.96. The molecule has 0 spiro atoms. The summed E-state index contributed by atoms with van der Waals surface area (Å²) in [5, 5.41) is 0. The van der Waals surface area contributed by atoms with Gasteiger partial charge in [-0.25, -0.2) is 4.39 Å². The van der Waals surface area contributed by atoms with Gasteiger partial charge in [-0.15, -0.1) is 0 Å². The van der Waals surface area contributed by atoms with Crippen molar-refractivity contribution in [2.75, 3.05) is 0 Å². The first-order valence-electron chi connectivity index (χ1n) is 5.91. The summed E-state index contributed by atoms with van der Waals surface area (Å²) in [6, 6.07) is 12.4. The molecule has 0 bridgehead atoms. The molecule has 0 atom stereocenters. The van der Waals surface area contributed by atoms with Gasteiger partial charge in [0.05, 0.1) is 0 Å².